The van der Waals surface area contributed by atoms with E-state index in [-0.39, 0.29) is 0 Å². The first-order chi connectivity index (χ1) is 10.7. The van der Waals surface area contributed by atoms with E-state index in [9.17, 15) is 0 Å². The summed E-state index contributed by atoms with van der Waals surface area (Å²) in [5, 5.41) is 13.9. The number of aromatic nitrogens is 4. The van der Waals surface area contributed by atoms with Crippen molar-refractivity contribution in [2.45, 2.75) is 38.8 Å². The number of nitrogens with zero attached hydrogens (tertiary/aromatic N) is 3. The van der Waals surface area contributed by atoms with Gasteiger partial charge in [0.2, 0.25) is 5.95 Å². The third-order valence-electron chi connectivity index (χ3n) is 3.56. The van der Waals surface area contributed by atoms with Gasteiger partial charge in [-0.1, -0.05) is 0 Å². The van der Waals surface area contributed by atoms with Crippen LogP contribution < -0.4 is 10.6 Å². The summed E-state index contributed by atoms with van der Waals surface area (Å²) in [5.74, 6) is 1.53. The molecule has 0 aliphatic carbocycles. The summed E-state index contributed by atoms with van der Waals surface area (Å²) in [5.41, 5.74) is 1.81. The van der Waals surface area contributed by atoms with Gasteiger partial charge in [0.15, 0.2) is 0 Å². The molecule has 0 amide bonds. The summed E-state index contributed by atoms with van der Waals surface area (Å²) in [6.07, 6.45) is 5.56. The number of hydrogen-bond donors (Lipinski definition) is 3. The molecule has 2 aromatic rings. The molecule has 0 spiro atoms. The molecule has 22 heavy (non-hydrogen) atoms. The quantitative estimate of drug-likeness (QED) is 0.785. The average Bonchev–Trinajstić information content (AvgIpc) is 2.96. The summed E-state index contributed by atoms with van der Waals surface area (Å²) in [4.78, 5) is 8.81. The van der Waals surface area contributed by atoms with Crippen LogP contribution in [0.25, 0.3) is 11.3 Å². The lowest BCUT2D eigenvalue weighted by atomic mass is 10.1. The van der Waals surface area contributed by atoms with E-state index in [4.69, 9.17) is 4.74 Å². The van der Waals surface area contributed by atoms with Crippen LogP contribution in [0.15, 0.2) is 18.5 Å². The second kappa shape index (κ2) is 6.74. The molecular formula is C15H22N6O. The van der Waals surface area contributed by atoms with Crippen molar-refractivity contribution in [2.75, 3.05) is 23.8 Å². The maximum atomic E-state index is 5.39. The Morgan fingerprint density at radius 1 is 1.32 bits per heavy atom. The Balaban J connectivity index is 1.78. The summed E-state index contributed by atoms with van der Waals surface area (Å²) < 4.78 is 5.39. The van der Waals surface area contributed by atoms with Gasteiger partial charge in [0, 0.05) is 31.5 Å². The Labute approximate surface area is 129 Å². The summed E-state index contributed by atoms with van der Waals surface area (Å²) >= 11 is 0. The lowest BCUT2D eigenvalue weighted by Crippen LogP contribution is -2.28. The highest BCUT2D eigenvalue weighted by atomic mass is 16.5. The van der Waals surface area contributed by atoms with Gasteiger partial charge >= 0.3 is 0 Å². The number of rotatable bonds is 5. The highest BCUT2D eigenvalue weighted by Gasteiger charge is 2.17. The second-order valence-corrected chi connectivity index (χ2v) is 5.75. The van der Waals surface area contributed by atoms with Crippen molar-refractivity contribution in [3.05, 3.63) is 18.5 Å². The first kappa shape index (κ1) is 14.8. The van der Waals surface area contributed by atoms with E-state index in [2.05, 4.69) is 44.6 Å². The predicted octanol–water partition coefficient (Wildman–Crippen LogP) is 2.28. The third kappa shape index (κ3) is 3.54. The van der Waals surface area contributed by atoms with Gasteiger partial charge in [0.25, 0.3) is 0 Å². The number of H-pyrrole nitrogens is 1. The van der Waals surface area contributed by atoms with Gasteiger partial charge in [0.1, 0.15) is 5.82 Å². The lowest BCUT2D eigenvalue weighted by Gasteiger charge is -2.23. The third-order valence-corrected chi connectivity index (χ3v) is 3.56. The standard InChI is InChI=1S/C15H22N6O/c1-10(2)18-15-16-6-3-13(20-15)12-9-17-21-14(12)19-11-4-7-22-8-5-11/h3,6,9-11H,4-5,7-8H2,1-2H3,(H,16,18,20)(H2,17,19,21). The Hall–Kier alpha value is -2.15. The first-order valence-electron chi connectivity index (χ1n) is 7.70. The van der Waals surface area contributed by atoms with E-state index < -0.39 is 0 Å². The van der Waals surface area contributed by atoms with Gasteiger partial charge in [-0.15, -0.1) is 0 Å². The van der Waals surface area contributed by atoms with Gasteiger partial charge < -0.3 is 15.4 Å². The number of ether oxygens (including phenoxy) is 1. The maximum Gasteiger partial charge on any atom is 0.223 e. The van der Waals surface area contributed by atoms with Crippen molar-refractivity contribution in [1.82, 2.24) is 20.2 Å². The molecule has 1 fully saturated rings. The molecule has 1 aliphatic rings. The minimum Gasteiger partial charge on any atom is -0.381 e. The van der Waals surface area contributed by atoms with E-state index in [0.717, 1.165) is 43.1 Å². The molecular weight excluding hydrogens is 280 g/mol. The van der Waals surface area contributed by atoms with E-state index in [1.54, 1.807) is 12.4 Å². The molecule has 0 radical (unpaired) electrons. The van der Waals surface area contributed by atoms with Crippen LogP contribution in [-0.4, -0.2) is 45.5 Å². The minimum absolute atomic E-state index is 0.291. The Morgan fingerprint density at radius 3 is 2.91 bits per heavy atom. The molecule has 0 unspecified atom stereocenters. The molecule has 0 aromatic carbocycles. The van der Waals surface area contributed by atoms with Crippen molar-refractivity contribution in [1.29, 1.82) is 0 Å². The van der Waals surface area contributed by atoms with Gasteiger partial charge in [0.05, 0.1) is 17.5 Å². The van der Waals surface area contributed by atoms with Crippen LogP contribution in [0, 0.1) is 0 Å². The van der Waals surface area contributed by atoms with Crippen LogP contribution in [0.5, 0.6) is 0 Å². The SMILES string of the molecule is CC(C)Nc1nccc(-c2cn[nH]c2NC2CCOCC2)n1. The van der Waals surface area contributed by atoms with Crippen molar-refractivity contribution in [2.24, 2.45) is 0 Å². The van der Waals surface area contributed by atoms with Gasteiger partial charge in [-0.3, -0.25) is 5.10 Å². The Kier molecular flexibility index (Phi) is 4.53. The summed E-state index contributed by atoms with van der Waals surface area (Å²) in [6, 6.07) is 2.59. The monoisotopic (exact) mass is 302 g/mol. The number of hydrogen-bond acceptors (Lipinski definition) is 6. The zero-order chi connectivity index (χ0) is 15.4. The molecule has 1 saturated heterocycles. The molecule has 118 valence electrons. The summed E-state index contributed by atoms with van der Waals surface area (Å²) in [7, 11) is 0. The van der Waals surface area contributed by atoms with Gasteiger partial charge in [-0.2, -0.15) is 5.10 Å². The fourth-order valence-electron chi connectivity index (χ4n) is 2.47. The van der Waals surface area contributed by atoms with E-state index in [0.29, 0.717) is 18.0 Å². The van der Waals surface area contributed by atoms with Gasteiger partial charge in [-0.05, 0) is 32.8 Å². The number of anilines is 2. The molecule has 1 aliphatic heterocycles. The molecule has 0 saturated carbocycles. The molecule has 3 heterocycles. The van der Waals surface area contributed by atoms with Crippen molar-refractivity contribution in [3.63, 3.8) is 0 Å². The summed E-state index contributed by atoms with van der Waals surface area (Å²) in [6.45, 7) is 5.73. The van der Waals surface area contributed by atoms with E-state index in [1.165, 1.54) is 0 Å². The van der Waals surface area contributed by atoms with E-state index >= 15 is 0 Å². The van der Waals surface area contributed by atoms with E-state index in [1.807, 2.05) is 6.07 Å². The fourth-order valence-corrected chi connectivity index (χ4v) is 2.47. The Morgan fingerprint density at radius 2 is 2.14 bits per heavy atom. The average molecular weight is 302 g/mol. The normalized spacial score (nSPS) is 16.0. The smallest absolute Gasteiger partial charge is 0.223 e. The maximum absolute atomic E-state index is 5.39. The number of nitrogens with one attached hydrogen (secondary N) is 3. The number of aromatic amines is 1. The topological polar surface area (TPSA) is 87.8 Å². The molecule has 0 bridgehead atoms. The van der Waals surface area contributed by atoms with Crippen molar-refractivity contribution < 1.29 is 4.74 Å². The van der Waals surface area contributed by atoms with Crippen LogP contribution in [0.1, 0.15) is 26.7 Å². The molecule has 3 rings (SSSR count). The van der Waals surface area contributed by atoms with Crippen LogP contribution in [0.3, 0.4) is 0 Å². The van der Waals surface area contributed by atoms with Gasteiger partial charge in [-0.25, -0.2) is 9.97 Å². The van der Waals surface area contributed by atoms with Crippen LogP contribution in [0.2, 0.25) is 0 Å². The molecule has 7 nitrogen and oxygen atoms in total. The molecule has 3 N–H and O–H groups in total. The molecule has 7 heteroatoms. The minimum atomic E-state index is 0.291. The second-order valence-electron chi connectivity index (χ2n) is 5.75. The van der Waals surface area contributed by atoms with Crippen LogP contribution in [-0.2, 0) is 4.74 Å². The van der Waals surface area contributed by atoms with Crippen molar-refractivity contribution in [3.8, 4) is 11.3 Å². The van der Waals surface area contributed by atoms with Crippen LogP contribution >= 0.6 is 0 Å². The highest BCUT2D eigenvalue weighted by molar-refractivity contribution is 5.72. The van der Waals surface area contributed by atoms with Crippen LogP contribution in [0.4, 0.5) is 11.8 Å². The zero-order valence-corrected chi connectivity index (χ0v) is 13.0. The van der Waals surface area contributed by atoms with Crippen molar-refractivity contribution >= 4 is 11.8 Å². The predicted molar refractivity (Wildman–Crippen MR) is 85.8 cm³/mol. The Bertz CT molecular complexity index is 606. The largest absolute Gasteiger partial charge is 0.381 e. The molecule has 0 atom stereocenters. The first-order valence-corrected chi connectivity index (χ1v) is 7.70. The highest BCUT2D eigenvalue weighted by Crippen LogP contribution is 2.26. The lowest BCUT2D eigenvalue weighted by molar-refractivity contribution is 0.0904. The molecule has 2 aromatic heterocycles. The zero-order valence-electron chi connectivity index (χ0n) is 13.0. The fraction of sp³-hybridized carbons (Fsp3) is 0.533.